The van der Waals surface area contributed by atoms with E-state index in [9.17, 15) is 9.59 Å². The average Bonchev–Trinajstić information content (AvgIpc) is 2.99. The molecule has 2 amide bonds. The molecule has 0 aromatic heterocycles. The first-order valence-electron chi connectivity index (χ1n) is 11.9. The van der Waals surface area contributed by atoms with Gasteiger partial charge in [-0.1, -0.05) is 36.4 Å². The highest BCUT2D eigenvalue weighted by molar-refractivity contribution is 5.96. The topological polar surface area (TPSA) is 73.9 Å². The Hall–Kier alpha value is -2.90. The van der Waals surface area contributed by atoms with Crippen molar-refractivity contribution in [3.63, 3.8) is 0 Å². The lowest BCUT2D eigenvalue weighted by Crippen LogP contribution is -2.46. The summed E-state index contributed by atoms with van der Waals surface area (Å²) in [6.45, 7) is 11.3. The molecule has 1 saturated heterocycles. The molecule has 0 unspecified atom stereocenters. The molecule has 1 heterocycles. The van der Waals surface area contributed by atoms with Gasteiger partial charge in [0.1, 0.15) is 11.8 Å². The molecule has 7 heteroatoms. The van der Waals surface area contributed by atoms with Crippen LogP contribution in [0, 0.1) is 6.92 Å². The first kappa shape index (κ1) is 25.7. The minimum atomic E-state index is -0.435. The van der Waals surface area contributed by atoms with Gasteiger partial charge in [-0.25, -0.2) is 0 Å². The predicted molar refractivity (Wildman–Crippen MR) is 136 cm³/mol. The van der Waals surface area contributed by atoms with Gasteiger partial charge in [-0.05, 0) is 63.9 Å². The average molecular weight is 467 g/mol. The van der Waals surface area contributed by atoms with Crippen LogP contribution in [0.4, 0.5) is 5.69 Å². The fraction of sp³-hybridized carbons (Fsp3) is 0.481. The van der Waals surface area contributed by atoms with Crippen LogP contribution < -0.4 is 15.4 Å². The van der Waals surface area contributed by atoms with Crippen LogP contribution in [-0.2, 0) is 9.59 Å². The number of carbonyl (C=O) groups excluding carboxylic acids is 2. The summed E-state index contributed by atoms with van der Waals surface area (Å²) in [7, 11) is 1.61. The SMILES string of the molecule is COc1ccc(C)cc1NC(=O)[C@@H](c1ccccc1)N1CCCN(CC(=O)NC(C)(C)C)CC1. The zero-order valence-electron chi connectivity index (χ0n) is 21.1. The molecule has 0 aliphatic carbocycles. The van der Waals surface area contributed by atoms with Gasteiger partial charge in [-0.3, -0.25) is 19.4 Å². The van der Waals surface area contributed by atoms with Gasteiger partial charge in [0.15, 0.2) is 0 Å². The van der Waals surface area contributed by atoms with Crippen LogP contribution in [0.5, 0.6) is 5.75 Å². The van der Waals surface area contributed by atoms with E-state index in [1.807, 2.05) is 76.2 Å². The summed E-state index contributed by atoms with van der Waals surface area (Å²) in [5.41, 5.74) is 2.42. The third kappa shape index (κ3) is 7.30. The third-order valence-corrected chi connectivity index (χ3v) is 5.85. The van der Waals surface area contributed by atoms with E-state index in [-0.39, 0.29) is 17.4 Å². The van der Waals surface area contributed by atoms with Crippen molar-refractivity contribution in [1.82, 2.24) is 15.1 Å². The van der Waals surface area contributed by atoms with Crippen molar-refractivity contribution in [3.8, 4) is 5.75 Å². The number of amides is 2. The number of hydrogen-bond acceptors (Lipinski definition) is 5. The first-order chi connectivity index (χ1) is 16.2. The minimum absolute atomic E-state index is 0.0323. The van der Waals surface area contributed by atoms with Gasteiger partial charge in [-0.15, -0.1) is 0 Å². The molecule has 0 bridgehead atoms. The molecule has 3 rings (SSSR count). The summed E-state index contributed by atoms with van der Waals surface area (Å²) in [5, 5.41) is 6.14. The van der Waals surface area contributed by atoms with Crippen molar-refractivity contribution in [2.45, 2.75) is 45.7 Å². The number of methoxy groups -OCH3 is 1. The summed E-state index contributed by atoms with van der Waals surface area (Å²) in [4.78, 5) is 30.5. The van der Waals surface area contributed by atoms with Gasteiger partial charge in [0.05, 0.1) is 19.3 Å². The molecule has 0 radical (unpaired) electrons. The molecule has 2 aromatic carbocycles. The van der Waals surface area contributed by atoms with E-state index < -0.39 is 6.04 Å². The maximum Gasteiger partial charge on any atom is 0.246 e. The van der Waals surface area contributed by atoms with E-state index in [0.29, 0.717) is 24.5 Å². The van der Waals surface area contributed by atoms with Crippen molar-refractivity contribution < 1.29 is 14.3 Å². The predicted octanol–water partition coefficient (Wildman–Crippen LogP) is 3.61. The van der Waals surface area contributed by atoms with Crippen molar-refractivity contribution in [3.05, 3.63) is 59.7 Å². The maximum atomic E-state index is 13.6. The molecular weight excluding hydrogens is 428 g/mol. The first-order valence-corrected chi connectivity index (χ1v) is 11.9. The molecule has 2 N–H and O–H groups in total. The van der Waals surface area contributed by atoms with Gasteiger partial charge in [0.2, 0.25) is 11.8 Å². The Bertz CT molecular complexity index is 972. The molecule has 2 aromatic rings. The molecule has 0 spiro atoms. The van der Waals surface area contributed by atoms with E-state index in [0.717, 1.165) is 37.2 Å². The summed E-state index contributed by atoms with van der Waals surface area (Å²) in [6, 6.07) is 15.2. The van der Waals surface area contributed by atoms with E-state index >= 15 is 0 Å². The van der Waals surface area contributed by atoms with Gasteiger partial charge in [-0.2, -0.15) is 0 Å². The van der Waals surface area contributed by atoms with Crippen LogP contribution in [0.25, 0.3) is 0 Å². The number of nitrogens with zero attached hydrogens (tertiary/aromatic N) is 2. The van der Waals surface area contributed by atoms with Gasteiger partial charge in [0, 0.05) is 25.2 Å². The number of nitrogens with one attached hydrogen (secondary N) is 2. The van der Waals surface area contributed by atoms with Gasteiger partial charge in [0.25, 0.3) is 0 Å². The van der Waals surface area contributed by atoms with E-state index in [1.54, 1.807) is 7.11 Å². The lowest BCUT2D eigenvalue weighted by Gasteiger charge is -2.30. The lowest BCUT2D eigenvalue weighted by atomic mass is 10.0. The summed E-state index contributed by atoms with van der Waals surface area (Å²) >= 11 is 0. The van der Waals surface area contributed by atoms with Crippen molar-refractivity contribution in [1.29, 1.82) is 0 Å². The molecule has 34 heavy (non-hydrogen) atoms. The van der Waals surface area contributed by atoms with E-state index in [4.69, 9.17) is 4.74 Å². The quantitative estimate of drug-likeness (QED) is 0.652. The largest absolute Gasteiger partial charge is 0.495 e. The number of aryl methyl sites for hydroxylation is 1. The van der Waals surface area contributed by atoms with Crippen molar-refractivity contribution in [2.75, 3.05) is 45.2 Å². The number of rotatable bonds is 7. The summed E-state index contributed by atoms with van der Waals surface area (Å²) in [6.07, 6.45) is 0.882. The molecule has 0 saturated carbocycles. The van der Waals surface area contributed by atoms with Crippen LogP contribution >= 0.6 is 0 Å². The second kappa shape index (κ2) is 11.5. The molecule has 1 aliphatic heterocycles. The number of hydrogen-bond donors (Lipinski definition) is 2. The second-order valence-corrected chi connectivity index (χ2v) is 9.97. The Morgan fingerprint density at radius 2 is 1.76 bits per heavy atom. The van der Waals surface area contributed by atoms with Crippen LogP contribution in [0.2, 0.25) is 0 Å². The number of benzene rings is 2. The Balaban J connectivity index is 1.76. The number of carbonyl (C=O) groups is 2. The summed E-state index contributed by atoms with van der Waals surface area (Å²) in [5.74, 6) is 0.580. The van der Waals surface area contributed by atoms with Crippen LogP contribution in [0.1, 0.15) is 44.4 Å². The van der Waals surface area contributed by atoms with Gasteiger partial charge < -0.3 is 15.4 Å². The third-order valence-electron chi connectivity index (χ3n) is 5.85. The summed E-state index contributed by atoms with van der Waals surface area (Å²) < 4.78 is 5.46. The molecule has 1 fully saturated rings. The van der Waals surface area contributed by atoms with Crippen LogP contribution in [0.15, 0.2) is 48.5 Å². The van der Waals surface area contributed by atoms with Crippen LogP contribution in [0.3, 0.4) is 0 Å². The monoisotopic (exact) mass is 466 g/mol. The standard InChI is InChI=1S/C27H38N4O3/c1-20-12-13-23(34-5)22(18-20)28-26(33)25(21-10-7-6-8-11-21)31-15-9-14-30(16-17-31)19-24(32)29-27(2,3)4/h6-8,10-13,18,25H,9,14-17,19H2,1-5H3,(H,28,33)(H,29,32)/t25-/m1/s1. The smallest absolute Gasteiger partial charge is 0.246 e. The Labute approximate surface area is 203 Å². The highest BCUT2D eigenvalue weighted by atomic mass is 16.5. The highest BCUT2D eigenvalue weighted by Gasteiger charge is 2.30. The normalized spacial score (nSPS) is 16.4. The van der Waals surface area contributed by atoms with E-state index in [1.165, 1.54) is 0 Å². The number of anilines is 1. The number of ether oxygens (including phenoxy) is 1. The highest BCUT2D eigenvalue weighted by Crippen LogP contribution is 2.29. The fourth-order valence-electron chi connectivity index (χ4n) is 4.35. The molecule has 184 valence electrons. The zero-order valence-corrected chi connectivity index (χ0v) is 21.1. The maximum absolute atomic E-state index is 13.6. The van der Waals surface area contributed by atoms with Crippen LogP contribution in [-0.4, -0.2) is 67.0 Å². The lowest BCUT2D eigenvalue weighted by molar-refractivity contribution is -0.124. The second-order valence-electron chi connectivity index (χ2n) is 9.97. The van der Waals surface area contributed by atoms with Gasteiger partial charge >= 0.3 is 0 Å². The Morgan fingerprint density at radius 3 is 2.44 bits per heavy atom. The Kier molecular flexibility index (Phi) is 8.69. The minimum Gasteiger partial charge on any atom is -0.495 e. The fourth-order valence-corrected chi connectivity index (χ4v) is 4.35. The van der Waals surface area contributed by atoms with E-state index in [2.05, 4.69) is 20.4 Å². The van der Waals surface area contributed by atoms with Crippen molar-refractivity contribution >= 4 is 17.5 Å². The molecule has 1 aliphatic rings. The molecule has 1 atom stereocenters. The molecular formula is C27H38N4O3. The Morgan fingerprint density at radius 1 is 1.03 bits per heavy atom. The molecule has 7 nitrogen and oxygen atoms in total. The van der Waals surface area contributed by atoms with Crippen molar-refractivity contribution in [2.24, 2.45) is 0 Å². The zero-order chi connectivity index (χ0) is 24.7.